The average molecular weight is 370 g/mol. The molecule has 3 atom stereocenters. The molecule has 1 aliphatic rings. The summed E-state index contributed by atoms with van der Waals surface area (Å²) >= 11 is 0. The Morgan fingerprint density at radius 3 is 2.59 bits per heavy atom. The minimum atomic E-state index is -0.259. The molecule has 27 heavy (non-hydrogen) atoms. The van der Waals surface area contributed by atoms with Gasteiger partial charge in [0, 0.05) is 25.6 Å². The van der Waals surface area contributed by atoms with Crippen molar-refractivity contribution in [2.75, 3.05) is 21.0 Å². The van der Waals surface area contributed by atoms with E-state index in [0.717, 1.165) is 31.6 Å². The molecule has 0 bridgehead atoms. The van der Waals surface area contributed by atoms with Gasteiger partial charge in [-0.2, -0.15) is 0 Å². The molecule has 1 aliphatic carbocycles. The minimum Gasteiger partial charge on any atom is -0.468 e. The summed E-state index contributed by atoms with van der Waals surface area (Å²) in [5.41, 5.74) is 2.47. The van der Waals surface area contributed by atoms with Crippen molar-refractivity contribution in [2.45, 2.75) is 44.4 Å². The fraction of sp³-hybridized carbons (Fsp3) is 0.478. The second-order valence-electron chi connectivity index (χ2n) is 7.48. The predicted molar refractivity (Wildman–Crippen MR) is 108 cm³/mol. The first-order valence-electron chi connectivity index (χ1n) is 9.83. The van der Waals surface area contributed by atoms with Gasteiger partial charge in [0.1, 0.15) is 5.75 Å². The van der Waals surface area contributed by atoms with E-state index in [9.17, 15) is 5.11 Å². The summed E-state index contributed by atoms with van der Waals surface area (Å²) in [5.74, 6) is 1.03. The van der Waals surface area contributed by atoms with Crippen LogP contribution in [0.1, 0.15) is 42.9 Å². The van der Waals surface area contributed by atoms with Crippen LogP contribution in [0.25, 0.3) is 0 Å². The van der Waals surface area contributed by atoms with Crippen LogP contribution in [-0.2, 0) is 11.3 Å². The van der Waals surface area contributed by atoms with Gasteiger partial charge >= 0.3 is 0 Å². The van der Waals surface area contributed by atoms with Crippen molar-refractivity contribution < 1.29 is 14.6 Å². The summed E-state index contributed by atoms with van der Waals surface area (Å²) in [6.45, 7) is 1.08. The first-order chi connectivity index (χ1) is 13.2. The third kappa shape index (κ3) is 5.32. The third-order valence-electron chi connectivity index (χ3n) is 5.48. The van der Waals surface area contributed by atoms with Crippen molar-refractivity contribution in [3.63, 3.8) is 0 Å². The summed E-state index contributed by atoms with van der Waals surface area (Å²) < 4.78 is 10.7. The topological polar surface area (TPSA) is 41.9 Å². The van der Waals surface area contributed by atoms with Crippen LogP contribution in [-0.4, -0.2) is 37.1 Å². The summed E-state index contributed by atoms with van der Waals surface area (Å²) in [4.78, 5) is 2.37. The Morgan fingerprint density at radius 2 is 1.85 bits per heavy atom. The zero-order valence-electron chi connectivity index (χ0n) is 16.4. The van der Waals surface area contributed by atoms with Gasteiger partial charge in [-0.1, -0.05) is 55.3 Å². The normalized spacial score (nSPS) is 21.2. The fourth-order valence-corrected chi connectivity index (χ4v) is 4.22. The summed E-state index contributed by atoms with van der Waals surface area (Å²) in [6.07, 6.45) is 3.97. The summed E-state index contributed by atoms with van der Waals surface area (Å²) in [7, 11) is 3.78. The van der Waals surface area contributed by atoms with Crippen LogP contribution in [0.15, 0.2) is 54.6 Å². The van der Waals surface area contributed by atoms with E-state index in [2.05, 4.69) is 48.3 Å². The van der Waals surface area contributed by atoms with E-state index in [1.807, 2.05) is 18.2 Å². The fourth-order valence-electron chi connectivity index (χ4n) is 4.22. The number of aliphatic hydroxyl groups is 1. The molecule has 1 N–H and O–H groups in total. The Bertz CT molecular complexity index is 691. The maximum atomic E-state index is 10.7. The number of ether oxygens (including phenoxy) is 2. The second-order valence-corrected chi connectivity index (χ2v) is 7.48. The molecule has 2 aromatic rings. The Kier molecular flexibility index (Phi) is 7.27. The standard InChI is InChI=1S/C23H31NO3/c1-24(16-18-9-4-3-5-10-18)23(21-13-6-7-14-22(21)25)19-11-8-12-20(15-19)27-17-26-2/h3-5,8-12,15,21-23,25H,6-7,13-14,16-17H2,1-2H3/t21-,22+,23?/m1/s1. The molecule has 0 saturated heterocycles. The van der Waals surface area contributed by atoms with E-state index in [1.54, 1.807) is 7.11 Å². The van der Waals surface area contributed by atoms with Gasteiger partial charge in [0.15, 0.2) is 6.79 Å². The molecule has 4 heteroatoms. The first-order valence-corrected chi connectivity index (χ1v) is 9.83. The maximum absolute atomic E-state index is 10.7. The van der Waals surface area contributed by atoms with E-state index in [1.165, 1.54) is 17.5 Å². The van der Waals surface area contributed by atoms with Gasteiger partial charge in [-0.15, -0.1) is 0 Å². The molecular weight excluding hydrogens is 338 g/mol. The van der Waals surface area contributed by atoms with Crippen molar-refractivity contribution in [3.8, 4) is 5.75 Å². The lowest BCUT2D eigenvalue weighted by Crippen LogP contribution is -2.38. The van der Waals surface area contributed by atoms with Gasteiger partial charge in [-0.3, -0.25) is 4.90 Å². The number of rotatable bonds is 8. The molecular formula is C23H31NO3. The van der Waals surface area contributed by atoms with Crippen LogP contribution in [0.3, 0.4) is 0 Å². The highest BCUT2D eigenvalue weighted by Gasteiger charge is 2.34. The average Bonchev–Trinajstić information content (AvgIpc) is 2.69. The van der Waals surface area contributed by atoms with Gasteiger partial charge < -0.3 is 14.6 Å². The van der Waals surface area contributed by atoms with Gasteiger partial charge in [0.2, 0.25) is 0 Å². The van der Waals surface area contributed by atoms with Crippen molar-refractivity contribution in [1.82, 2.24) is 4.90 Å². The molecule has 146 valence electrons. The van der Waals surface area contributed by atoms with Crippen LogP contribution in [0, 0.1) is 5.92 Å². The van der Waals surface area contributed by atoms with Crippen LogP contribution >= 0.6 is 0 Å². The van der Waals surface area contributed by atoms with Gasteiger partial charge in [0.05, 0.1) is 6.10 Å². The van der Waals surface area contributed by atoms with Crippen molar-refractivity contribution in [1.29, 1.82) is 0 Å². The zero-order chi connectivity index (χ0) is 19.1. The highest BCUT2D eigenvalue weighted by atomic mass is 16.7. The van der Waals surface area contributed by atoms with E-state index in [4.69, 9.17) is 9.47 Å². The minimum absolute atomic E-state index is 0.145. The number of benzene rings is 2. The molecule has 0 amide bonds. The van der Waals surface area contributed by atoms with Gasteiger partial charge in [-0.05, 0) is 43.1 Å². The van der Waals surface area contributed by atoms with Crippen LogP contribution in [0.2, 0.25) is 0 Å². The SMILES string of the molecule is COCOc1cccc(C([C@@H]2CCCC[C@@H]2O)N(C)Cc2ccccc2)c1. The molecule has 3 rings (SSSR count). The molecule has 2 aromatic carbocycles. The quantitative estimate of drug-likeness (QED) is 0.701. The van der Waals surface area contributed by atoms with Crippen LogP contribution < -0.4 is 4.74 Å². The van der Waals surface area contributed by atoms with E-state index < -0.39 is 0 Å². The monoisotopic (exact) mass is 369 g/mol. The van der Waals surface area contributed by atoms with Crippen molar-refractivity contribution in [2.24, 2.45) is 5.92 Å². The third-order valence-corrected chi connectivity index (χ3v) is 5.48. The van der Waals surface area contributed by atoms with E-state index in [0.29, 0.717) is 0 Å². The zero-order valence-corrected chi connectivity index (χ0v) is 16.4. The number of aliphatic hydroxyl groups excluding tert-OH is 1. The lowest BCUT2D eigenvalue weighted by atomic mass is 9.78. The second kappa shape index (κ2) is 9.88. The Hall–Kier alpha value is -1.88. The Morgan fingerprint density at radius 1 is 1.07 bits per heavy atom. The molecule has 0 aromatic heterocycles. The van der Waals surface area contributed by atoms with Crippen LogP contribution in [0.5, 0.6) is 5.75 Å². The lowest BCUT2D eigenvalue weighted by molar-refractivity contribution is 0.0128. The Labute approximate surface area is 162 Å². The van der Waals surface area contributed by atoms with Crippen molar-refractivity contribution in [3.05, 3.63) is 65.7 Å². The van der Waals surface area contributed by atoms with Gasteiger partial charge in [-0.25, -0.2) is 0 Å². The maximum Gasteiger partial charge on any atom is 0.188 e. The smallest absolute Gasteiger partial charge is 0.188 e. The summed E-state index contributed by atoms with van der Waals surface area (Å²) in [5, 5.41) is 10.7. The molecule has 0 radical (unpaired) electrons. The van der Waals surface area contributed by atoms with Gasteiger partial charge in [0.25, 0.3) is 0 Å². The van der Waals surface area contributed by atoms with Crippen LogP contribution in [0.4, 0.5) is 0 Å². The highest BCUT2D eigenvalue weighted by molar-refractivity contribution is 5.31. The molecule has 0 aliphatic heterocycles. The largest absolute Gasteiger partial charge is 0.468 e. The molecule has 1 saturated carbocycles. The first kappa shape index (κ1) is 19.9. The number of hydrogen-bond acceptors (Lipinski definition) is 4. The number of methoxy groups -OCH3 is 1. The Balaban J connectivity index is 1.87. The highest BCUT2D eigenvalue weighted by Crippen LogP contribution is 2.39. The molecule has 0 spiro atoms. The molecule has 1 unspecified atom stereocenters. The molecule has 1 fully saturated rings. The van der Waals surface area contributed by atoms with E-state index >= 15 is 0 Å². The van der Waals surface area contributed by atoms with E-state index in [-0.39, 0.29) is 24.9 Å². The summed E-state index contributed by atoms with van der Waals surface area (Å²) in [6, 6.07) is 18.9. The molecule has 0 heterocycles. The predicted octanol–water partition coefficient (Wildman–Crippen LogP) is 4.39. The number of nitrogens with zero attached hydrogens (tertiary/aromatic N) is 1. The number of hydrogen-bond donors (Lipinski definition) is 1. The van der Waals surface area contributed by atoms with Crippen molar-refractivity contribution >= 4 is 0 Å². The lowest BCUT2D eigenvalue weighted by Gasteiger charge is -2.40. The molecule has 4 nitrogen and oxygen atoms in total.